The van der Waals surface area contributed by atoms with Crippen LogP contribution in [0.2, 0.25) is 0 Å². The van der Waals surface area contributed by atoms with Gasteiger partial charge in [0.05, 0.1) is 17.0 Å². The number of nitrogens with zero attached hydrogens (tertiary/aromatic N) is 2. The molecule has 2 aromatic rings. The molecule has 5 N–H and O–H groups in total. The van der Waals surface area contributed by atoms with Crippen molar-refractivity contribution < 1.29 is 10.2 Å². The van der Waals surface area contributed by atoms with Crippen molar-refractivity contribution in [3.8, 4) is 22.8 Å². The smallest absolute Gasteiger partial charge is 0.220 e. The third-order valence-electron chi connectivity index (χ3n) is 3.76. The molecule has 1 fully saturated rings. The van der Waals surface area contributed by atoms with Crippen molar-refractivity contribution in [1.29, 1.82) is 0 Å². The fourth-order valence-electron chi connectivity index (χ4n) is 2.72. The number of benzene rings is 1. The van der Waals surface area contributed by atoms with Gasteiger partial charge in [0.2, 0.25) is 5.95 Å². The van der Waals surface area contributed by atoms with E-state index in [1.165, 1.54) is 12.1 Å². The molecule has 1 aromatic carbocycles. The van der Waals surface area contributed by atoms with E-state index < -0.39 is 0 Å². The largest absolute Gasteiger partial charge is 0.507 e. The van der Waals surface area contributed by atoms with Crippen LogP contribution in [-0.4, -0.2) is 33.3 Å². The monoisotopic (exact) mass is 286 g/mol. The second-order valence-corrected chi connectivity index (χ2v) is 5.25. The van der Waals surface area contributed by atoms with Gasteiger partial charge < -0.3 is 21.3 Å². The van der Waals surface area contributed by atoms with Crippen LogP contribution in [0.3, 0.4) is 0 Å². The molecule has 2 heterocycles. The van der Waals surface area contributed by atoms with Gasteiger partial charge in [0.15, 0.2) is 0 Å². The van der Waals surface area contributed by atoms with Crippen LogP contribution in [0.5, 0.6) is 11.5 Å². The number of nitrogens with two attached hydrogens (primary N) is 1. The highest BCUT2D eigenvalue weighted by Gasteiger charge is 2.20. The van der Waals surface area contributed by atoms with E-state index in [9.17, 15) is 10.2 Å². The van der Waals surface area contributed by atoms with Gasteiger partial charge >= 0.3 is 0 Å². The standard InChI is InChI=1S/C15H18N4O2/c16-15-18-10(9-3-2-6-17-8-9)7-11(19-15)14-12(20)4-1-5-13(14)21/h1,4-5,7,9,17,20-21H,2-3,6,8H2,(H2,16,18,19). The summed E-state index contributed by atoms with van der Waals surface area (Å²) >= 11 is 0. The number of phenolic OH excluding ortho intramolecular Hbond substituents is 2. The Kier molecular flexibility index (Phi) is 3.62. The predicted octanol–water partition coefficient (Wildman–Crippen LogP) is 1.60. The highest BCUT2D eigenvalue weighted by atomic mass is 16.3. The molecule has 1 aromatic heterocycles. The fraction of sp³-hybridized carbons (Fsp3) is 0.333. The molecule has 1 aliphatic rings. The maximum atomic E-state index is 9.96. The molecular formula is C15H18N4O2. The van der Waals surface area contributed by atoms with Gasteiger partial charge in [-0.05, 0) is 37.6 Å². The Morgan fingerprint density at radius 1 is 1.19 bits per heavy atom. The van der Waals surface area contributed by atoms with Crippen molar-refractivity contribution in [2.45, 2.75) is 18.8 Å². The molecule has 1 aliphatic heterocycles. The zero-order chi connectivity index (χ0) is 14.8. The van der Waals surface area contributed by atoms with Crippen LogP contribution in [0.1, 0.15) is 24.5 Å². The van der Waals surface area contributed by atoms with Crippen LogP contribution in [0.15, 0.2) is 24.3 Å². The number of aromatic hydroxyl groups is 2. The first-order valence-electron chi connectivity index (χ1n) is 7.01. The van der Waals surface area contributed by atoms with Crippen molar-refractivity contribution in [2.24, 2.45) is 0 Å². The molecule has 0 saturated carbocycles. The second kappa shape index (κ2) is 5.57. The summed E-state index contributed by atoms with van der Waals surface area (Å²) in [6, 6.07) is 6.39. The Labute approximate surface area is 122 Å². The maximum Gasteiger partial charge on any atom is 0.220 e. The average molecular weight is 286 g/mol. The number of anilines is 1. The summed E-state index contributed by atoms with van der Waals surface area (Å²) in [7, 11) is 0. The number of hydrogen-bond acceptors (Lipinski definition) is 6. The molecule has 21 heavy (non-hydrogen) atoms. The summed E-state index contributed by atoms with van der Waals surface area (Å²) in [4.78, 5) is 8.45. The van der Waals surface area contributed by atoms with Gasteiger partial charge in [-0.25, -0.2) is 9.97 Å². The molecule has 0 amide bonds. The zero-order valence-corrected chi connectivity index (χ0v) is 11.6. The highest BCUT2D eigenvalue weighted by molar-refractivity contribution is 5.74. The first-order valence-corrected chi connectivity index (χ1v) is 7.01. The normalized spacial score (nSPS) is 18.6. The molecule has 1 atom stereocenters. The molecular weight excluding hydrogens is 268 g/mol. The van der Waals surface area contributed by atoms with E-state index in [1.54, 1.807) is 12.1 Å². The van der Waals surface area contributed by atoms with Gasteiger partial charge in [-0.3, -0.25) is 0 Å². The number of nitrogen functional groups attached to an aromatic ring is 1. The highest BCUT2D eigenvalue weighted by Crippen LogP contribution is 2.37. The summed E-state index contributed by atoms with van der Waals surface area (Å²) in [5, 5.41) is 23.3. The molecule has 3 rings (SSSR count). The van der Waals surface area contributed by atoms with Gasteiger partial charge in [-0.2, -0.15) is 0 Å². The number of nitrogens with one attached hydrogen (secondary N) is 1. The average Bonchev–Trinajstić information content (AvgIpc) is 2.47. The minimum Gasteiger partial charge on any atom is -0.507 e. The third-order valence-corrected chi connectivity index (χ3v) is 3.76. The van der Waals surface area contributed by atoms with Gasteiger partial charge in [0.1, 0.15) is 11.5 Å². The number of aromatic nitrogens is 2. The van der Waals surface area contributed by atoms with E-state index in [1.807, 2.05) is 0 Å². The van der Waals surface area contributed by atoms with E-state index in [0.717, 1.165) is 31.6 Å². The minimum atomic E-state index is -0.0270. The van der Waals surface area contributed by atoms with Crippen LogP contribution in [0, 0.1) is 0 Å². The van der Waals surface area contributed by atoms with E-state index >= 15 is 0 Å². The number of phenols is 2. The van der Waals surface area contributed by atoms with E-state index in [2.05, 4.69) is 15.3 Å². The molecule has 1 saturated heterocycles. The Morgan fingerprint density at radius 2 is 1.95 bits per heavy atom. The number of piperidine rings is 1. The number of rotatable bonds is 2. The van der Waals surface area contributed by atoms with Crippen molar-refractivity contribution in [3.05, 3.63) is 30.0 Å². The lowest BCUT2D eigenvalue weighted by molar-refractivity contribution is 0.452. The summed E-state index contributed by atoms with van der Waals surface area (Å²) in [5.74, 6) is 0.369. The van der Waals surface area contributed by atoms with Crippen LogP contribution >= 0.6 is 0 Å². The maximum absolute atomic E-state index is 9.96. The quantitative estimate of drug-likeness (QED) is 0.668. The van der Waals surface area contributed by atoms with E-state index in [-0.39, 0.29) is 28.9 Å². The summed E-state index contributed by atoms with van der Waals surface area (Å²) in [6.45, 7) is 1.87. The summed E-state index contributed by atoms with van der Waals surface area (Å²) in [6.07, 6.45) is 2.13. The van der Waals surface area contributed by atoms with Crippen LogP contribution < -0.4 is 11.1 Å². The zero-order valence-electron chi connectivity index (χ0n) is 11.6. The summed E-state index contributed by atoms with van der Waals surface area (Å²) in [5.41, 5.74) is 7.37. The van der Waals surface area contributed by atoms with Gasteiger partial charge in [-0.15, -0.1) is 0 Å². The molecule has 110 valence electrons. The molecule has 0 aliphatic carbocycles. The third kappa shape index (κ3) is 2.75. The first-order chi connectivity index (χ1) is 10.1. The van der Waals surface area contributed by atoms with Crippen LogP contribution in [0.4, 0.5) is 5.95 Å². The van der Waals surface area contributed by atoms with E-state index in [0.29, 0.717) is 5.69 Å². The topological polar surface area (TPSA) is 104 Å². The predicted molar refractivity (Wildman–Crippen MR) is 80.1 cm³/mol. The van der Waals surface area contributed by atoms with Gasteiger partial charge in [-0.1, -0.05) is 6.07 Å². The summed E-state index contributed by atoms with van der Waals surface area (Å²) < 4.78 is 0. The Morgan fingerprint density at radius 3 is 2.62 bits per heavy atom. The fourth-order valence-corrected chi connectivity index (χ4v) is 2.72. The van der Waals surface area contributed by atoms with Crippen molar-refractivity contribution in [2.75, 3.05) is 18.8 Å². The molecule has 0 spiro atoms. The molecule has 6 nitrogen and oxygen atoms in total. The molecule has 6 heteroatoms. The van der Waals surface area contributed by atoms with Crippen molar-refractivity contribution in [1.82, 2.24) is 15.3 Å². The Bertz CT molecular complexity index is 634. The van der Waals surface area contributed by atoms with E-state index in [4.69, 9.17) is 5.73 Å². The lowest BCUT2D eigenvalue weighted by atomic mass is 9.95. The Hall–Kier alpha value is -2.34. The molecule has 0 radical (unpaired) electrons. The lowest BCUT2D eigenvalue weighted by Gasteiger charge is -2.22. The lowest BCUT2D eigenvalue weighted by Crippen LogP contribution is -2.29. The van der Waals surface area contributed by atoms with Crippen molar-refractivity contribution in [3.63, 3.8) is 0 Å². The van der Waals surface area contributed by atoms with Gasteiger partial charge in [0.25, 0.3) is 0 Å². The van der Waals surface area contributed by atoms with Gasteiger partial charge in [0, 0.05) is 12.5 Å². The van der Waals surface area contributed by atoms with Crippen LogP contribution in [0.25, 0.3) is 11.3 Å². The minimum absolute atomic E-state index is 0.0270. The SMILES string of the molecule is Nc1nc(-c2c(O)cccc2O)cc(C2CCCNC2)n1. The van der Waals surface area contributed by atoms with Crippen molar-refractivity contribution >= 4 is 5.95 Å². The molecule has 0 bridgehead atoms. The Balaban J connectivity index is 2.05. The number of hydrogen-bond donors (Lipinski definition) is 4. The first kappa shape index (κ1) is 13.6. The molecule has 1 unspecified atom stereocenters. The van der Waals surface area contributed by atoms with Crippen LogP contribution in [-0.2, 0) is 0 Å². The second-order valence-electron chi connectivity index (χ2n) is 5.25.